The number of hydrogen-bond acceptors (Lipinski definition) is 4. The molecule has 0 aliphatic heterocycles. The SMILES string of the molecule is Cc1ccc(C(=O)Nc2cc(OC(F)F)n(C)n2)cc1C#Cc1cccnc1. The number of anilines is 1. The minimum absolute atomic E-state index is 0.103. The molecule has 0 spiro atoms. The molecule has 0 aliphatic carbocycles. The molecule has 6 nitrogen and oxygen atoms in total. The van der Waals surface area contributed by atoms with E-state index in [4.69, 9.17) is 0 Å². The Kier molecular flexibility index (Phi) is 5.65. The minimum Gasteiger partial charge on any atom is -0.417 e. The fraction of sp³-hybridized carbons (Fsp3) is 0.150. The highest BCUT2D eigenvalue weighted by Crippen LogP contribution is 2.19. The molecule has 142 valence electrons. The van der Waals surface area contributed by atoms with Gasteiger partial charge in [0, 0.05) is 42.2 Å². The summed E-state index contributed by atoms with van der Waals surface area (Å²) in [5.74, 6) is 5.54. The van der Waals surface area contributed by atoms with E-state index >= 15 is 0 Å². The van der Waals surface area contributed by atoms with Gasteiger partial charge in [0.25, 0.3) is 5.91 Å². The Bertz CT molecular complexity index is 1050. The normalized spacial score (nSPS) is 10.3. The van der Waals surface area contributed by atoms with Crippen molar-refractivity contribution in [3.05, 3.63) is 71.0 Å². The van der Waals surface area contributed by atoms with Crippen molar-refractivity contribution in [3.63, 3.8) is 0 Å². The summed E-state index contributed by atoms with van der Waals surface area (Å²) < 4.78 is 30.1. The Morgan fingerprint density at radius 2 is 2.07 bits per heavy atom. The molecule has 8 heteroatoms. The second-order valence-corrected chi connectivity index (χ2v) is 5.85. The number of nitrogens with zero attached hydrogens (tertiary/aromatic N) is 3. The van der Waals surface area contributed by atoms with E-state index in [1.165, 1.54) is 13.1 Å². The molecule has 3 aromatic rings. The van der Waals surface area contributed by atoms with Gasteiger partial charge in [-0.3, -0.25) is 9.78 Å². The maximum atomic E-state index is 12.5. The quantitative estimate of drug-likeness (QED) is 0.703. The topological polar surface area (TPSA) is 69.0 Å². The lowest BCUT2D eigenvalue weighted by molar-refractivity contribution is -0.0553. The predicted octanol–water partition coefficient (Wildman–Crippen LogP) is 3.38. The molecule has 1 amide bonds. The van der Waals surface area contributed by atoms with Crippen LogP contribution in [0.3, 0.4) is 0 Å². The molecule has 2 aromatic heterocycles. The van der Waals surface area contributed by atoms with E-state index in [-0.39, 0.29) is 11.7 Å². The molecule has 3 rings (SSSR count). The zero-order valence-corrected chi connectivity index (χ0v) is 15.1. The van der Waals surface area contributed by atoms with E-state index in [2.05, 4.69) is 32.0 Å². The first-order valence-electron chi connectivity index (χ1n) is 8.25. The number of amides is 1. The lowest BCUT2D eigenvalue weighted by Gasteiger charge is -2.04. The number of halogens is 2. The summed E-state index contributed by atoms with van der Waals surface area (Å²) in [5, 5.41) is 6.50. The Morgan fingerprint density at radius 3 is 2.79 bits per heavy atom. The molecule has 0 saturated carbocycles. The van der Waals surface area contributed by atoms with Gasteiger partial charge in [0.15, 0.2) is 5.82 Å². The van der Waals surface area contributed by atoms with Crippen molar-refractivity contribution >= 4 is 11.7 Å². The fourth-order valence-corrected chi connectivity index (χ4v) is 2.38. The van der Waals surface area contributed by atoms with E-state index in [9.17, 15) is 13.6 Å². The number of pyridine rings is 1. The van der Waals surface area contributed by atoms with Crippen molar-refractivity contribution in [2.75, 3.05) is 5.32 Å². The molecular formula is C20H16F2N4O2. The third kappa shape index (κ3) is 4.71. The average molecular weight is 382 g/mol. The molecule has 28 heavy (non-hydrogen) atoms. The second kappa shape index (κ2) is 8.31. The first-order chi connectivity index (χ1) is 13.4. The number of nitrogens with one attached hydrogen (secondary N) is 1. The number of carbonyl (C=O) groups excluding carboxylic acids is 1. The molecule has 0 saturated heterocycles. The standard InChI is InChI=1S/C20H16F2N4O2/c1-13-5-7-16(10-15(13)8-6-14-4-3-9-23-12-14)19(27)24-17-11-18(26(2)25-17)28-20(21)22/h3-5,7,9-12,20H,1-2H3,(H,24,25,27). The molecule has 0 unspecified atom stereocenters. The fourth-order valence-electron chi connectivity index (χ4n) is 2.38. The summed E-state index contributed by atoms with van der Waals surface area (Å²) in [6, 6.07) is 9.95. The number of hydrogen-bond donors (Lipinski definition) is 1. The van der Waals surface area contributed by atoms with Gasteiger partial charge in [-0.1, -0.05) is 17.9 Å². The molecule has 0 bridgehead atoms. The molecule has 1 aromatic carbocycles. The van der Waals surface area contributed by atoms with Crippen molar-refractivity contribution in [2.45, 2.75) is 13.5 Å². The molecular weight excluding hydrogens is 366 g/mol. The van der Waals surface area contributed by atoms with Crippen molar-refractivity contribution in [1.29, 1.82) is 0 Å². The first kappa shape index (κ1) is 19.0. The van der Waals surface area contributed by atoms with E-state index in [0.29, 0.717) is 11.1 Å². The van der Waals surface area contributed by atoms with Crippen LogP contribution >= 0.6 is 0 Å². The molecule has 0 radical (unpaired) electrons. The molecule has 0 aliphatic rings. The number of benzene rings is 1. The predicted molar refractivity (Wildman–Crippen MR) is 99.2 cm³/mol. The van der Waals surface area contributed by atoms with Crippen molar-refractivity contribution in [2.24, 2.45) is 7.05 Å². The largest absolute Gasteiger partial charge is 0.417 e. The highest BCUT2D eigenvalue weighted by molar-refractivity contribution is 6.04. The molecule has 0 fully saturated rings. The third-order valence-corrected chi connectivity index (χ3v) is 3.79. The van der Waals surface area contributed by atoms with Crippen LogP contribution in [-0.4, -0.2) is 27.3 Å². The average Bonchev–Trinajstić information content (AvgIpc) is 3.00. The lowest BCUT2D eigenvalue weighted by Crippen LogP contribution is -2.13. The van der Waals surface area contributed by atoms with E-state index < -0.39 is 12.5 Å². The van der Waals surface area contributed by atoms with Crippen LogP contribution in [0.5, 0.6) is 5.88 Å². The van der Waals surface area contributed by atoms with Crippen LogP contribution < -0.4 is 10.1 Å². The van der Waals surface area contributed by atoms with Crippen LogP contribution in [0.1, 0.15) is 27.0 Å². The van der Waals surface area contributed by atoms with Crippen molar-refractivity contribution < 1.29 is 18.3 Å². The van der Waals surface area contributed by atoms with Crippen LogP contribution in [0.2, 0.25) is 0 Å². The zero-order chi connectivity index (χ0) is 20.1. The van der Waals surface area contributed by atoms with Gasteiger partial charge in [-0.15, -0.1) is 0 Å². The third-order valence-electron chi connectivity index (χ3n) is 3.79. The summed E-state index contributed by atoms with van der Waals surface area (Å²) in [7, 11) is 1.44. The van der Waals surface area contributed by atoms with Crippen molar-refractivity contribution in [1.82, 2.24) is 14.8 Å². The van der Waals surface area contributed by atoms with Crippen LogP contribution in [0.15, 0.2) is 48.8 Å². The Hall–Kier alpha value is -3.73. The summed E-state index contributed by atoms with van der Waals surface area (Å²) >= 11 is 0. The van der Waals surface area contributed by atoms with Gasteiger partial charge in [-0.2, -0.15) is 13.9 Å². The zero-order valence-electron chi connectivity index (χ0n) is 15.1. The van der Waals surface area contributed by atoms with E-state index in [0.717, 1.165) is 15.8 Å². The maximum absolute atomic E-state index is 12.5. The molecule has 0 atom stereocenters. The van der Waals surface area contributed by atoms with Crippen LogP contribution in [0, 0.1) is 18.8 Å². The maximum Gasteiger partial charge on any atom is 0.388 e. The number of aryl methyl sites for hydroxylation is 2. The highest BCUT2D eigenvalue weighted by Gasteiger charge is 2.14. The minimum atomic E-state index is -2.98. The summed E-state index contributed by atoms with van der Waals surface area (Å²) in [4.78, 5) is 16.5. The van der Waals surface area contributed by atoms with Gasteiger partial charge in [-0.25, -0.2) is 4.68 Å². The molecule has 1 N–H and O–H groups in total. The van der Waals surface area contributed by atoms with E-state index in [1.807, 2.05) is 13.0 Å². The van der Waals surface area contributed by atoms with Crippen LogP contribution in [-0.2, 0) is 7.05 Å². The Labute approximate surface area is 160 Å². The monoisotopic (exact) mass is 382 g/mol. The van der Waals surface area contributed by atoms with Gasteiger partial charge in [0.05, 0.1) is 0 Å². The smallest absolute Gasteiger partial charge is 0.388 e. The Morgan fingerprint density at radius 1 is 1.25 bits per heavy atom. The van der Waals surface area contributed by atoms with Crippen LogP contribution in [0.4, 0.5) is 14.6 Å². The number of alkyl halides is 2. The number of ether oxygens (including phenoxy) is 1. The summed E-state index contributed by atoms with van der Waals surface area (Å²) in [6.07, 6.45) is 3.32. The van der Waals surface area contributed by atoms with E-state index in [1.54, 1.807) is 36.7 Å². The van der Waals surface area contributed by atoms with Gasteiger partial charge in [0.2, 0.25) is 5.88 Å². The summed E-state index contributed by atoms with van der Waals surface area (Å²) in [6.45, 7) is -1.08. The highest BCUT2D eigenvalue weighted by atomic mass is 19.3. The van der Waals surface area contributed by atoms with Gasteiger partial charge in [-0.05, 0) is 36.8 Å². The second-order valence-electron chi connectivity index (χ2n) is 5.85. The van der Waals surface area contributed by atoms with Crippen LogP contribution in [0.25, 0.3) is 0 Å². The number of rotatable bonds is 4. The number of aromatic nitrogens is 3. The van der Waals surface area contributed by atoms with Gasteiger partial charge < -0.3 is 10.1 Å². The van der Waals surface area contributed by atoms with Gasteiger partial charge >= 0.3 is 6.61 Å². The van der Waals surface area contributed by atoms with Crippen molar-refractivity contribution in [3.8, 4) is 17.7 Å². The first-order valence-corrected chi connectivity index (χ1v) is 8.25. The molecule has 2 heterocycles. The number of carbonyl (C=O) groups is 1. The Balaban J connectivity index is 1.79. The van der Waals surface area contributed by atoms with Gasteiger partial charge in [0.1, 0.15) is 0 Å². The summed E-state index contributed by atoms with van der Waals surface area (Å²) in [5.41, 5.74) is 2.73. The lowest BCUT2D eigenvalue weighted by atomic mass is 10.0.